The smallest absolute Gasteiger partial charge is 0.206 e. The lowest BCUT2D eigenvalue weighted by molar-refractivity contribution is 0.576. The Hall–Kier alpha value is -1.70. The first kappa shape index (κ1) is 14.7. The van der Waals surface area contributed by atoms with Crippen molar-refractivity contribution in [3.63, 3.8) is 0 Å². The fraction of sp³-hybridized carbons (Fsp3) is 0.0769. The van der Waals surface area contributed by atoms with Gasteiger partial charge in [0.25, 0.3) is 20.0 Å². The second-order valence-corrected chi connectivity index (χ2v) is 7.76. The van der Waals surface area contributed by atoms with E-state index < -0.39 is 20.0 Å². The van der Waals surface area contributed by atoms with Gasteiger partial charge in [-0.2, -0.15) is 0 Å². The van der Waals surface area contributed by atoms with Crippen LogP contribution in [0.15, 0.2) is 64.4 Å². The van der Waals surface area contributed by atoms with Crippen LogP contribution in [0.3, 0.4) is 0 Å². The summed E-state index contributed by atoms with van der Waals surface area (Å²) in [5, 5.41) is 0. The molecule has 2 rings (SSSR count). The first-order valence-corrected chi connectivity index (χ1v) is 8.69. The van der Waals surface area contributed by atoms with Gasteiger partial charge in [-0.25, -0.2) is 16.8 Å². The number of aryl methyl sites for hydroxylation is 1. The first-order valence-electron chi connectivity index (χ1n) is 5.72. The molecule has 1 N–H and O–H groups in total. The molecule has 0 radical (unpaired) electrons. The normalized spacial score (nSPS) is 12.2. The molecule has 0 heterocycles. The Morgan fingerprint density at radius 1 is 0.750 bits per heavy atom. The van der Waals surface area contributed by atoms with Crippen molar-refractivity contribution in [2.75, 3.05) is 0 Å². The monoisotopic (exact) mass is 311 g/mol. The lowest BCUT2D eigenvalue weighted by Gasteiger charge is -2.09. The van der Waals surface area contributed by atoms with Gasteiger partial charge in [-0.15, -0.1) is 4.13 Å². The van der Waals surface area contributed by atoms with Crippen LogP contribution in [0.1, 0.15) is 5.56 Å². The van der Waals surface area contributed by atoms with Gasteiger partial charge in [0.05, 0.1) is 9.79 Å². The van der Waals surface area contributed by atoms with E-state index in [1.54, 1.807) is 29.3 Å². The minimum absolute atomic E-state index is 0.0560. The van der Waals surface area contributed by atoms with Crippen molar-refractivity contribution in [1.82, 2.24) is 4.13 Å². The van der Waals surface area contributed by atoms with Crippen LogP contribution in [0.4, 0.5) is 0 Å². The molecule has 0 aliphatic carbocycles. The average Bonchev–Trinajstić information content (AvgIpc) is 2.39. The molecule has 0 aromatic heterocycles. The van der Waals surface area contributed by atoms with Gasteiger partial charge >= 0.3 is 0 Å². The molecule has 0 aliphatic heterocycles. The SMILES string of the molecule is Cc1ccccc1S(=O)(=O)NS(=O)(=O)c1ccccc1. The topological polar surface area (TPSA) is 80.3 Å². The maximum Gasteiger partial charge on any atom is 0.254 e. The van der Waals surface area contributed by atoms with Gasteiger partial charge in [0, 0.05) is 0 Å². The summed E-state index contributed by atoms with van der Waals surface area (Å²) in [4.78, 5) is -0.156. The van der Waals surface area contributed by atoms with Gasteiger partial charge in [-0.1, -0.05) is 36.4 Å². The zero-order valence-electron chi connectivity index (χ0n) is 10.6. The highest BCUT2D eigenvalue weighted by Crippen LogP contribution is 2.16. The molecule has 0 saturated carbocycles. The largest absolute Gasteiger partial charge is 0.254 e. The second kappa shape index (κ2) is 5.35. The molecule has 0 amide bonds. The van der Waals surface area contributed by atoms with Gasteiger partial charge < -0.3 is 0 Å². The number of nitrogens with one attached hydrogen (secondary N) is 1. The highest BCUT2D eigenvalue weighted by Gasteiger charge is 2.25. The summed E-state index contributed by atoms with van der Waals surface area (Å²) in [6, 6.07) is 13.5. The van der Waals surface area contributed by atoms with Crippen LogP contribution in [-0.2, 0) is 20.0 Å². The summed E-state index contributed by atoms with van der Waals surface area (Å²) in [5.41, 5.74) is 0.475. The number of benzene rings is 2. The van der Waals surface area contributed by atoms with E-state index in [1.807, 2.05) is 0 Å². The van der Waals surface area contributed by atoms with Crippen LogP contribution in [0, 0.1) is 6.92 Å². The zero-order valence-corrected chi connectivity index (χ0v) is 12.3. The summed E-state index contributed by atoms with van der Waals surface area (Å²) >= 11 is 0. The molecule has 2 aromatic carbocycles. The van der Waals surface area contributed by atoms with Crippen LogP contribution in [0.2, 0.25) is 0 Å². The Bertz CT molecular complexity index is 812. The molecule has 20 heavy (non-hydrogen) atoms. The summed E-state index contributed by atoms with van der Waals surface area (Å²) in [6.45, 7) is 1.60. The lowest BCUT2D eigenvalue weighted by Crippen LogP contribution is -2.31. The fourth-order valence-electron chi connectivity index (χ4n) is 1.70. The zero-order chi connectivity index (χ0) is 14.8. The Morgan fingerprint density at radius 2 is 1.30 bits per heavy atom. The summed E-state index contributed by atoms with van der Waals surface area (Å²) in [6.07, 6.45) is 0. The van der Waals surface area contributed by atoms with Crippen LogP contribution in [0.25, 0.3) is 0 Å². The molecule has 106 valence electrons. The predicted octanol–water partition coefficient (Wildman–Crippen LogP) is 1.66. The Morgan fingerprint density at radius 3 is 1.90 bits per heavy atom. The van der Waals surface area contributed by atoms with E-state index >= 15 is 0 Å². The van der Waals surface area contributed by atoms with Gasteiger partial charge in [0.2, 0.25) is 0 Å². The van der Waals surface area contributed by atoms with E-state index in [2.05, 4.69) is 0 Å². The van der Waals surface area contributed by atoms with Crippen LogP contribution in [0.5, 0.6) is 0 Å². The van der Waals surface area contributed by atoms with E-state index in [0.717, 1.165) is 0 Å². The van der Waals surface area contributed by atoms with E-state index in [1.165, 1.54) is 36.4 Å². The highest BCUT2D eigenvalue weighted by molar-refractivity contribution is 8.04. The predicted molar refractivity (Wildman–Crippen MR) is 75.1 cm³/mol. The lowest BCUT2D eigenvalue weighted by atomic mass is 10.2. The number of rotatable bonds is 4. The van der Waals surface area contributed by atoms with Crippen LogP contribution < -0.4 is 4.13 Å². The van der Waals surface area contributed by atoms with Gasteiger partial charge in [0.1, 0.15) is 0 Å². The molecule has 0 fully saturated rings. The van der Waals surface area contributed by atoms with Crippen molar-refractivity contribution in [2.24, 2.45) is 0 Å². The molecule has 0 saturated heterocycles. The summed E-state index contributed by atoms with van der Waals surface area (Å²) in [7, 11) is -8.26. The van der Waals surface area contributed by atoms with Crippen LogP contribution in [-0.4, -0.2) is 16.8 Å². The maximum atomic E-state index is 12.2. The standard InChI is InChI=1S/C13H13NO4S2/c1-11-7-5-6-10-13(11)20(17,18)14-19(15,16)12-8-3-2-4-9-12/h2-10,14H,1H3. The second-order valence-electron chi connectivity index (χ2n) is 4.17. The van der Waals surface area contributed by atoms with E-state index in [-0.39, 0.29) is 9.79 Å². The number of hydrogen-bond acceptors (Lipinski definition) is 4. The molecule has 0 atom stereocenters. The van der Waals surface area contributed by atoms with Crippen molar-refractivity contribution in [2.45, 2.75) is 16.7 Å². The molecule has 7 heteroatoms. The third kappa shape index (κ3) is 3.06. The Kier molecular flexibility index (Phi) is 3.94. The van der Waals surface area contributed by atoms with Crippen LogP contribution >= 0.6 is 0 Å². The first-order chi connectivity index (χ1) is 9.33. The van der Waals surface area contributed by atoms with Crippen molar-refractivity contribution < 1.29 is 16.8 Å². The molecule has 0 spiro atoms. The molecule has 2 aromatic rings. The minimum atomic E-state index is -4.13. The number of sulfonamides is 2. The van der Waals surface area contributed by atoms with Crippen molar-refractivity contribution >= 4 is 20.0 Å². The Balaban J connectivity index is 2.42. The van der Waals surface area contributed by atoms with Gasteiger partial charge in [-0.3, -0.25) is 0 Å². The van der Waals surface area contributed by atoms with E-state index in [0.29, 0.717) is 5.56 Å². The van der Waals surface area contributed by atoms with Crippen molar-refractivity contribution in [3.05, 3.63) is 60.2 Å². The molecule has 0 bridgehead atoms. The molecular formula is C13H13NO4S2. The van der Waals surface area contributed by atoms with Gasteiger partial charge in [-0.05, 0) is 30.7 Å². The molecular weight excluding hydrogens is 298 g/mol. The third-order valence-electron chi connectivity index (χ3n) is 2.66. The number of hydrogen-bond donors (Lipinski definition) is 1. The van der Waals surface area contributed by atoms with E-state index in [4.69, 9.17) is 0 Å². The van der Waals surface area contributed by atoms with E-state index in [9.17, 15) is 16.8 Å². The van der Waals surface area contributed by atoms with Crippen molar-refractivity contribution in [1.29, 1.82) is 0 Å². The average molecular weight is 311 g/mol. The fourth-order valence-corrected chi connectivity index (χ4v) is 4.86. The minimum Gasteiger partial charge on any atom is -0.206 e. The molecule has 0 aliphatic rings. The highest BCUT2D eigenvalue weighted by atomic mass is 32.3. The van der Waals surface area contributed by atoms with Gasteiger partial charge in [0.15, 0.2) is 0 Å². The third-order valence-corrected chi connectivity index (χ3v) is 6.34. The quantitative estimate of drug-likeness (QED) is 0.931. The maximum absolute atomic E-state index is 12.2. The summed E-state index contributed by atoms with van der Waals surface area (Å²) < 4.78 is 50.1. The summed E-state index contributed by atoms with van der Waals surface area (Å²) in [5.74, 6) is 0. The van der Waals surface area contributed by atoms with Crippen molar-refractivity contribution in [3.8, 4) is 0 Å². The Labute approximate surface area is 118 Å². The molecule has 0 unspecified atom stereocenters. The molecule has 5 nitrogen and oxygen atoms in total.